The Morgan fingerprint density at radius 1 is 1.00 bits per heavy atom. The van der Waals surface area contributed by atoms with E-state index < -0.39 is 0 Å². The maximum Gasteiger partial charge on any atom is 0.278 e. The van der Waals surface area contributed by atoms with Gasteiger partial charge in [-0.15, -0.1) is 10.2 Å². The molecule has 7 heteroatoms. The molecule has 0 aliphatic heterocycles. The van der Waals surface area contributed by atoms with Crippen LogP contribution in [0.15, 0.2) is 65.2 Å². The monoisotopic (exact) mass is 373 g/mol. The van der Waals surface area contributed by atoms with Crippen LogP contribution in [0.5, 0.6) is 5.75 Å². The number of hydrogen-bond donors (Lipinski definition) is 1. The SMILES string of the molecule is COc1cccc(CNc2ccc(-c3nc(-c4ccc(C)cc4)no3)nn2)c1. The van der Waals surface area contributed by atoms with E-state index in [0.717, 1.165) is 16.9 Å². The van der Waals surface area contributed by atoms with E-state index in [-0.39, 0.29) is 0 Å². The average molecular weight is 373 g/mol. The minimum absolute atomic E-state index is 0.336. The minimum atomic E-state index is 0.336. The topological polar surface area (TPSA) is 86.0 Å². The summed E-state index contributed by atoms with van der Waals surface area (Å²) < 4.78 is 10.6. The van der Waals surface area contributed by atoms with Crippen LogP contribution in [0.4, 0.5) is 5.82 Å². The van der Waals surface area contributed by atoms with Crippen LogP contribution in [0, 0.1) is 6.92 Å². The molecule has 0 radical (unpaired) electrons. The Morgan fingerprint density at radius 2 is 1.86 bits per heavy atom. The van der Waals surface area contributed by atoms with E-state index in [2.05, 4.69) is 25.7 Å². The molecule has 4 aromatic rings. The van der Waals surface area contributed by atoms with E-state index in [1.165, 1.54) is 5.56 Å². The van der Waals surface area contributed by atoms with Gasteiger partial charge in [0.15, 0.2) is 5.69 Å². The molecule has 2 aromatic carbocycles. The van der Waals surface area contributed by atoms with Crippen LogP contribution in [0.25, 0.3) is 23.0 Å². The molecule has 4 rings (SSSR count). The number of hydrogen-bond acceptors (Lipinski definition) is 7. The number of nitrogens with one attached hydrogen (secondary N) is 1. The van der Waals surface area contributed by atoms with Crippen molar-refractivity contribution in [1.82, 2.24) is 20.3 Å². The Bertz CT molecular complexity index is 1060. The summed E-state index contributed by atoms with van der Waals surface area (Å²) in [7, 11) is 1.65. The predicted molar refractivity (Wildman–Crippen MR) is 106 cm³/mol. The molecule has 2 heterocycles. The molecule has 0 amide bonds. The first-order valence-corrected chi connectivity index (χ1v) is 8.83. The molecule has 0 fully saturated rings. The fraction of sp³-hybridized carbons (Fsp3) is 0.143. The summed E-state index contributed by atoms with van der Waals surface area (Å²) >= 11 is 0. The van der Waals surface area contributed by atoms with Gasteiger partial charge in [-0.3, -0.25) is 0 Å². The van der Waals surface area contributed by atoms with Gasteiger partial charge in [-0.25, -0.2) is 0 Å². The van der Waals surface area contributed by atoms with Gasteiger partial charge in [0.05, 0.1) is 7.11 Å². The van der Waals surface area contributed by atoms with Crippen LogP contribution in [0.1, 0.15) is 11.1 Å². The van der Waals surface area contributed by atoms with Crippen LogP contribution in [0.2, 0.25) is 0 Å². The van der Waals surface area contributed by atoms with Gasteiger partial charge in [-0.2, -0.15) is 4.98 Å². The summed E-state index contributed by atoms with van der Waals surface area (Å²) in [5, 5.41) is 15.6. The second-order valence-electron chi connectivity index (χ2n) is 6.30. The molecule has 0 bridgehead atoms. The summed E-state index contributed by atoms with van der Waals surface area (Å²) in [5.74, 6) is 2.34. The molecule has 28 heavy (non-hydrogen) atoms. The summed E-state index contributed by atoms with van der Waals surface area (Å²) in [5.41, 5.74) is 3.68. The normalized spacial score (nSPS) is 10.6. The van der Waals surface area contributed by atoms with Gasteiger partial charge in [-0.05, 0) is 36.8 Å². The number of rotatable bonds is 6. The zero-order valence-corrected chi connectivity index (χ0v) is 15.6. The van der Waals surface area contributed by atoms with Gasteiger partial charge in [0.1, 0.15) is 11.6 Å². The minimum Gasteiger partial charge on any atom is -0.497 e. The molecule has 0 aliphatic carbocycles. The highest BCUT2D eigenvalue weighted by atomic mass is 16.5. The molecule has 140 valence electrons. The Morgan fingerprint density at radius 3 is 2.61 bits per heavy atom. The molecular weight excluding hydrogens is 354 g/mol. The van der Waals surface area contributed by atoms with Gasteiger partial charge in [-0.1, -0.05) is 47.1 Å². The lowest BCUT2D eigenvalue weighted by Gasteiger charge is -2.06. The van der Waals surface area contributed by atoms with Crippen molar-refractivity contribution in [2.75, 3.05) is 12.4 Å². The van der Waals surface area contributed by atoms with Crippen molar-refractivity contribution in [3.8, 4) is 28.7 Å². The fourth-order valence-electron chi connectivity index (χ4n) is 2.66. The summed E-state index contributed by atoms with van der Waals surface area (Å²) in [6.07, 6.45) is 0. The van der Waals surface area contributed by atoms with Crippen molar-refractivity contribution >= 4 is 5.82 Å². The highest BCUT2D eigenvalue weighted by molar-refractivity contribution is 5.58. The molecule has 0 atom stereocenters. The second kappa shape index (κ2) is 7.87. The highest BCUT2D eigenvalue weighted by Crippen LogP contribution is 2.21. The smallest absolute Gasteiger partial charge is 0.278 e. The lowest BCUT2D eigenvalue weighted by Crippen LogP contribution is -2.02. The first-order chi connectivity index (χ1) is 13.7. The van der Waals surface area contributed by atoms with Crippen molar-refractivity contribution in [3.63, 3.8) is 0 Å². The standard InChI is InChI=1S/C21H19N5O2/c1-14-6-8-16(9-7-14)20-23-21(28-26-20)18-10-11-19(25-24-18)22-13-15-4-3-5-17(12-15)27-2/h3-12H,13H2,1-2H3,(H,22,25). The first-order valence-electron chi connectivity index (χ1n) is 8.83. The predicted octanol–water partition coefficient (Wildman–Crippen LogP) is 4.12. The number of benzene rings is 2. The van der Waals surface area contributed by atoms with Gasteiger partial charge < -0.3 is 14.6 Å². The van der Waals surface area contributed by atoms with E-state index in [4.69, 9.17) is 9.26 Å². The van der Waals surface area contributed by atoms with E-state index in [1.54, 1.807) is 13.2 Å². The van der Waals surface area contributed by atoms with Crippen LogP contribution >= 0.6 is 0 Å². The highest BCUT2D eigenvalue weighted by Gasteiger charge is 2.12. The zero-order valence-electron chi connectivity index (χ0n) is 15.6. The molecule has 0 unspecified atom stereocenters. The summed E-state index contributed by atoms with van der Waals surface area (Å²) in [4.78, 5) is 4.41. The van der Waals surface area contributed by atoms with Crippen molar-refractivity contribution in [2.24, 2.45) is 0 Å². The average Bonchev–Trinajstić information content (AvgIpc) is 3.23. The largest absolute Gasteiger partial charge is 0.497 e. The third kappa shape index (κ3) is 3.98. The first kappa shape index (κ1) is 17.7. The molecule has 7 nitrogen and oxygen atoms in total. The molecular formula is C21H19N5O2. The van der Waals surface area contributed by atoms with Gasteiger partial charge >= 0.3 is 0 Å². The van der Waals surface area contributed by atoms with Crippen molar-refractivity contribution in [3.05, 3.63) is 71.8 Å². The van der Waals surface area contributed by atoms with E-state index in [9.17, 15) is 0 Å². The van der Waals surface area contributed by atoms with Crippen LogP contribution < -0.4 is 10.1 Å². The van der Waals surface area contributed by atoms with Crippen LogP contribution in [-0.2, 0) is 6.54 Å². The van der Waals surface area contributed by atoms with Crippen molar-refractivity contribution < 1.29 is 9.26 Å². The molecule has 0 aliphatic rings. The zero-order chi connectivity index (χ0) is 19.3. The third-order valence-electron chi connectivity index (χ3n) is 4.23. The van der Waals surface area contributed by atoms with Crippen molar-refractivity contribution in [1.29, 1.82) is 0 Å². The summed E-state index contributed by atoms with van der Waals surface area (Å²) in [6.45, 7) is 2.65. The second-order valence-corrected chi connectivity index (χ2v) is 6.30. The van der Waals surface area contributed by atoms with Crippen LogP contribution in [-0.4, -0.2) is 27.4 Å². The number of ether oxygens (including phenoxy) is 1. The molecule has 0 saturated carbocycles. The van der Waals surface area contributed by atoms with E-state index in [0.29, 0.717) is 29.8 Å². The van der Waals surface area contributed by atoms with Crippen LogP contribution in [0.3, 0.4) is 0 Å². The number of aryl methyl sites for hydroxylation is 1. The lowest BCUT2D eigenvalue weighted by atomic mass is 10.1. The Kier molecular flexibility index (Phi) is 4.97. The Balaban J connectivity index is 1.44. The summed E-state index contributed by atoms with van der Waals surface area (Å²) in [6, 6.07) is 19.4. The number of aromatic nitrogens is 4. The molecule has 1 N–H and O–H groups in total. The number of anilines is 1. The van der Waals surface area contributed by atoms with E-state index >= 15 is 0 Å². The Hall–Kier alpha value is -3.74. The molecule has 0 spiro atoms. The maximum atomic E-state index is 5.33. The van der Waals surface area contributed by atoms with Gasteiger partial charge in [0.2, 0.25) is 5.82 Å². The third-order valence-corrected chi connectivity index (χ3v) is 4.23. The van der Waals surface area contributed by atoms with Crippen molar-refractivity contribution in [2.45, 2.75) is 13.5 Å². The van der Waals surface area contributed by atoms with Gasteiger partial charge in [0.25, 0.3) is 5.89 Å². The maximum absolute atomic E-state index is 5.33. The number of nitrogens with zero attached hydrogens (tertiary/aromatic N) is 4. The molecule has 0 saturated heterocycles. The van der Waals surface area contributed by atoms with E-state index in [1.807, 2.05) is 61.5 Å². The quantitative estimate of drug-likeness (QED) is 0.544. The van der Waals surface area contributed by atoms with Gasteiger partial charge in [0, 0.05) is 12.1 Å². The lowest BCUT2D eigenvalue weighted by molar-refractivity contribution is 0.414. The number of methoxy groups -OCH3 is 1. The Labute approximate surface area is 162 Å². The fourth-order valence-corrected chi connectivity index (χ4v) is 2.66. The molecule has 2 aromatic heterocycles.